The van der Waals surface area contributed by atoms with Crippen molar-refractivity contribution in [1.29, 1.82) is 0 Å². The van der Waals surface area contributed by atoms with Gasteiger partial charge in [0.2, 0.25) is 17.7 Å². The molecule has 5 rings (SSSR count). The van der Waals surface area contributed by atoms with E-state index >= 15 is 0 Å². The van der Waals surface area contributed by atoms with Gasteiger partial charge in [-0.05, 0) is 67.0 Å². The van der Waals surface area contributed by atoms with E-state index in [0.29, 0.717) is 34.9 Å². The molecule has 4 aromatic rings. The first kappa shape index (κ1) is 25.6. The minimum Gasteiger partial charge on any atom is -0.439 e. The van der Waals surface area contributed by atoms with Crippen LogP contribution in [0.1, 0.15) is 37.7 Å². The molecule has 3 aromatic carbocycles. The van der Waals surface area contributed by atoms with Gasteiger partial charge in [-0.3, -0.25) is 0 Å². The summed E-state index contributed by atoms with van der Waals surface area (Å²) in [6.07, 6.45) is 5.49. The summed E-state index contributed by atoms with van der Waals surface area (Å²) in [5.41, 5.74) is 1.01. The van der Waals surface area contributed by atoms with E-state index in [-0.39, 0.29) is 17.2 Å². The van der Waals surface area contributed by atoms with Crippen molar-refractivity contribution in [1.82, 2.24) is 15.3 Å². The van der Waals surface area contributed by atoms with Crippen molar-refractivity contribution in [2.24, 2.45) is 0 Å². The molecule has 1 aliphatic rings. The van der Waals surface area contributed by atoms with Gasteiger partial charge in [0.05, 0.1) is 6.07 Å². The second-order valence-electron chi connectivity index (χ2n) is 9.35. The first-order chi connectivity index (χ1) is 18.6. The van der Waals surface area contributed by atoms with E-state index in [1.807, 2.05) is 72.8 Å². The lowest BCUT2D eigenvalue weighted by Gasteiger charge is -2.38. The molecule has 1 aliphatic carbocycles. The fraction of sp³-hybridized carbons (Fsp3) is 0.233. The first-order valence-corrected chi connectivity index (χ1v) is 13.1. The van der Waals surface area contributed by atoms with Crippen LogP contribution in [0.15, 0.2) is 91.0 Å². The smallest absolute Gasteiger partial charge is 0.235 e. The second-order valence-corrected chi connectivity index (χ2v) is 9.76. The van der Waals surface area contributed by atoms with Gasteiger partial charge >= 0.3 is 0 Å². The van der Waals surface area contributed by atoms with Crippen LogP contribution in [-0.2, 0) is 5.41 Å². The number of ether oxygens (including phenoxy) is 2. The molecule has 38 heavy (non-hydrogen) atoms. The molecule has 1 fully saturated rings. The van der Waals surface area contributed by atoms with E-state index in [2.05, 4.69) is 20.6 Å². The third-order valence-electron chi connectivity index (χ3n) is 6.69. The van der Waals surface area contributed by atoms with Gasteiger partial charge in [0.15, 0.2) is 5.11 Å². The van der Waals surface area contributed by atoms with Crippen LogP contribution in [0.5, 0.6) is 23.3 Å². The average Bonchev–Trinajstić information content (AvgIpc) is 2.94. The number of hydrogen-bond donors (Lipinski definition) is 2. The maximum Gasteiger partial charge on any atom is 0.235 e. The Labute approximate surface area is 227 Å². The number of benzene rings is 3. The van der Waals surface area contributed by atoms with Gasteiger partial charge in [0.25, 0.3) is 0 Å². The Hall–Kier alpha value is -4.04. The number of thiocarbonyl (C=S) groups is 1. The normalized spacial score (nSPS) is 14.3. The fourth-order valence-corrected chi connectivity index (χ4v) is 4.94. The van der Waals surface area contributed by atoms with E-state index in [0.717, 1.165) is 31.2 Å². The molecule has 1 heterocycles. The standard InChI is InChI=1S/C30H29FN4O2S/c31-23-16-14-22(15-17-23)30(18-8-3-9-19-30)21-32-29(38)35-28-33-26(36-24-10-4-1-5-11-24)20-27(34-28)37-25-12-6-2-7-13-25/h1-2,4-7,10-17,20H,3,8-9,18-19,21H2,(H2,32,33,34,35,38). The zero-order valence-electron chi connectivity index (χ0n) is 20.9. The van der Waals surface area contributed by atoms with Crippen molar-refractivity contribution in [2.75, 3.05) is 11.9 Å². The molecule has 0 spiro atoms. The van der Waals surface area contributed by atoms with E-state index in [4.69, 9.17) is 21.7 Å². The molecule has 1 aromatic heterocycles. The molecule has 8 heteroatoms. The van der Waals surface area contributed by atoms with Crippen LogP contribution in [0.2, 0.25) is 0 Å². The van der Waals surface area contributed by atoms with Crippen LogP contribution in [0, 0.1) is 5.82 Å². The minimum absolute atomic E-state index is 0.113. The molecule has 0 unspecified atom stereocenters. The molecule has 194 valence electrons. The van der Waals surface area contributed by atoms with Crippen LogP contribution in [0.4, 0.5) is 10.3 Å². The first-order valence-electron chi connectivity index (χ1n) is 12.7. The second kappa shape index (κ2) is 12.0. The van der Waals surface area contributed by atoms with Crippen LogP contribution >= 0.6 is 12.2 Å². The Morgan fingerprint density at radius 3 is 1.89 bits per heavy atom. The molecule has 0 aliphatic heterocycles. The Morgan fingerprint density at radius 2 is 1.34 bits per heavy atom. The summed E-state index contributed by atoms with van der Waals surface area (Å²) in [6.45, 7) is 0.623. The highest BCUT2D eigenvalue weighted by Crippen LogP contribution is 2.39. The Balaban J connectivity index is 1.32. The van der Waals surface area contributed by atoms with Crippen LogP contribution < -0.4 is 20.1 Å². The highest BCUT2D eigenvalue weighted by atomic mass is 32.1. The predicted octanol–water partition coefficient (Wildman–Crippen LogP) is 7.39. The van der Waals surface area contributed by atoms with Gasteiger partial charge in [0.1, 0.15) is 17.3 Å². The summed E-state index contributed by atoms with van der Waals surface area (Å²) in [5.74, 6) is 1.94. The number of halogens is 1. The number of nitrogens with one attached hydrogen (secondary N) is 2. The Kier molecular flexibility index (Phi) is 8.09. The van der Waals surface area contributed by atoms with Crippen molar-refractivity contribution >= 4 is 23.3 Å². The molecule has 2 N–H and O–H groups in total. The zero-order chi connectivity index (χ0) is 26.2. The van der Waals surface area contributed by atoms with Crippen molar-refractivity contribution in [3.63, 3.8) is 0 Å². The summed E-state index contributed by atoms with van der Waals surface area (Å²) in [4.78, 5) is 8.99. The number of aromatic nitrogens is 2. The van der Waals surface area contributed by atoms with Crippen molar-refractivity contribution < 1.29 is 13.9 Å². The van der Waals surface area contributed by atoms with E-state index in [1.54, 1.807) is 6.07 Å². The number of rotatable bonds is 8. The minimum atomic E-state index is -0.229. The lowest BCUT2D eigenvalue weighted by molar-refractivity contribution is 0.292. The van der Waals surface area contributed by atoms with Gasteiger partial charge in [-0.15, -0.1) is 0 Å². The molecule has 6 nitrogen and oxygen atoms in total. The van der Waals surface area contributed by atoms with E-state index in [1.165, 1.54) is 18.6 Å². The summed E-state index contributed by atoms with van der Waals surface area (Å²) >= 11 is 5.63. The quantitative estimate of drug-likeness (QED) is 0.231. The largest absolute Gasteiger partial charge is 0.439 e. The summed E-state index contributed by atoms with van der Waals surface area (Å²) in [6, 6.07) is 27.2. The van der Waals surface area contributed by atoms with Gasteiger partial charge in [-0.2, -0.15) is 9.97 Å². The fourth-order valence-electron chi connectivity index (χ4n) is 4.78. The van der Waals surface area contributed by atoms with Gasteiger partial charge in [-0.1, -0.05) is 67.8 Å². The molecule has 1 saturated carbocycles. The number of para-hydroxylation sites is 2. The third kappa shape index (κ3) is 6.63. The Morgan fingerprint density at radius 1 is 0.789 bits per heavy atom. The SMILES string of the molecule is Fc1ccc(C2(CNC(=S)Nc3nc(Oc4ccccc4)cc(Oc4ccccc4)n3)CCCCC2)cc1. The summed E-state index contributed by atoms with van der Waals surface area (Å²) in [5, 5.41) is 6.84. The lowest BCUT2D eigenvalue weighted by Crippen LogP contribution is -2.43. The molecular formula is C30H29FN4O2S. The van der Waals surface area contributed by atoms with Crippen molar-refractivity contribution in [2.45, 2.75) is 37.5 Å². The molecule has 0 atom stereocenters. The molecule has 0 bridgehead atoms. The molecule has 0 amide bonds. The highest BCUT2D eigenvalue weighted by Gasteiger charge is 2.34. The highest BCUT2D eigenvalue weighted by molar-refractivity contribution is 7.80. The average molecular weight is 529 g/mol. The number of nitrogens with zero attached hydrogens (tertiary/aromatic N) is 2. The van der Waals surface area contributed by atoms with Gasteiger partial charge in [0, 0.05) is 12.0 Å². The molecular weight excluding hydrogens is 499 g/mol. The monoisotopic (exact) mass is 528 g/mol. The summed E-state index contributed by atoms with van der Waals surface area (Å²) < 4.78 is 25.5. The van der Waals surface area contributed by atoms with Gasteiger partial charge < -0.3 is 20.1 Å². The van der Waals surface area contributed by atoms with Crippen LogP contribution in [0.25, 0.3) is 0 Å². The summed E-state index contributed by atoms with van der Waals surface area (Å²) in [7, 11) is 0. The van der Waals surface area contributed by atoms with Crippen LogP contribution in [-0.4, -0.2) is 21.6 Å². The molecule has 0 saturated heterocycles. The topological polar surface area (TPSA) is 68.3 Å². The van der Waals surface area contributed by atoms with Crippen molar-refractivity contribution in [3.8, 4) is 23.3 Å². The molecule has 0 radical (unpaired) electrons. The van der Waals surface area contributed by atoms with Crippen molar-refractivity contribution in [3.05, 3.63) is 102 Å². The third-order valence-corrected chi connectivity index (χ3v) is 6.94. The predicted molar refractivity (Wildman–Crippen MR) is 150 cm³/mol. The lowest BCUT2D eigenvalue weighted by atomic mass is 9.69. The number of hydrogen-bond acceptors (Lipinski definition) is 5. The number of anilines is 1. The van der Waals surface area contributed by atoms with E-state index in [9.17, 15) is 4.39 Å². The zero-order valence-corrected chi connectivity index (χ0v) is 21.7. The Bertz CT molecular complexity index is 1290. The maximum absolute atomic E-state index is 13.6. The van der Waals surface area contributed by atoms with Crippen LogP contribution in [0.3, 0.4) is 0 Å². The maximum atomic E-state index is 13.6. The van der Waals surface area contributed by atoms with E-state index < -0.39 is 0 Å². The van der Waals surface area contributed by atoms with Gasteiger partial charge in [-0.25, -0.2) is 4.39 Å².